The molecule has 274 valence electrons. The van der Waals surface area contributed by atoms with Crippen LogP contribution in [0.2, 0.25) is 0 Å². The summed E-state index contributed by atoms with van der Waals surface area (Å²) in [5, 5.41) is 7.55. The number of hydrogen-bond acceptors (Lipinski definition) is 1. The summed E-state index contributed by atoms with van der Waals surface area (Å²) in [6.45, 7) is 4.70. The minimum atomic E-state index is -0.0455. The van der Waals surface area contributed by atoms with E-state index in [1.54, 1.807) is 0 Å². The lowest BCUT2D eigenvalue weighted by Gasteiger charge is -2.27. The van der Waals surface area contributed by atoms with Crippen molar-refractivity contribution in [3.8, 4) is 44.5 Å². The van der Waals surface area contributed by atoms with Crippen LogP contribution >= 0.6 is 0 Å². The van der Waals surface area contributed by atoms with Gasteiger partial charge in [-0.05, 0) is 143 Å². The maximum absolute atomic E-state index is 2.41. The summed E-state index contributed by atoms with van der Waals surface area (Å²) >= 11 is 0. The maximum Gasteiger partial charge on any atom is 0.0467 e. The van der Waals surface area contributed by atoms with E-state index in [-0.39, 0.29) is 5.41 Å². The Bertz CT molecular complexity index is 3200. The minimum absolute atomic E-state index is 0.0455. The van der Waals surface area contributed by atoms with Gasteiger partial charge in [0.1, 0.15) is 0 Å². The predicted octanol–water partition coefficient (Wildman–Crippen LogP) is 15.9. The summed E-state index contributed by atoms with van der Waals surface area (Å²) in [5.74, 6) is 0. The molecule has 0 amide bonds. The van der Waals surface area contributed by atoms with Gasteiger partial charge in [-0.1, -0.05) is 172 Å². The van der Waals surface area contributed by atoms with E-state index < -0.39 is 0 Å². The molecule has 0 atom stereocenters. The number of hydrogen-bond donors (Lipinski definition) is 0. The van der Waals surface area contributed by atoms with Gasteiger partial charge in [-0.15, -0.1) is 0 Å². The number of fused-ring (bicyclic) bond motifs is 7. The fourth-order valence-corrected chi connectivity index (χ4v) is 9.43. The Morgan fingerprint density at radius 2 is 0.862 bits per heavy atom. The van der Waals surface area contributed by atoms with Crippen LogP contribution < -0.4 is 4.90 Å². The molecular formula is C57H41N. The third-order valence-electron chi connectivity index (χ3n) is 12.4. The zero-order valence-corrected chi connectivity index (χ0v) is 32.7. The normalized spacial score (nSPS) is 12.8. The molecule has 0 saturated carbocycles. The highest BCUT2D eigenvalue weighted by Gasteiger charge is 2.35. The molecule has 1 heteroatoms. The molecule has 0 heterocycles. The monoisotopic (exact) mass is 739 g/mol. The van der Waals surface area contributed by atoms with Gasteiger partial charge < -0.3 is 4.90 Å². The molecule has 0 aromatic heterocycles. The van der Waals surface area contributed by atoms with Gasteiger partial charge in [-0.2, -0.15) is 0 Å². The lowest BCUT2D eigenvalue weighted by molar-refractivity contribution is 0.660. The first-order valence-electron chi connectivity index (χ1n) is 20.2. The van der Waals surface area contributed by atoms with Crippen molar-refractivity contribution >= 4 is 49.4 Å². The average Bonchev–Trinajstić information content (AvgIpc) is 3.51. The maximum atomic E-state index is 2.41. The molecule has 10 aromatic rings. The second-order valence-electron chi connectivity index (χ2n) is 16.2. The van der Waals surface area contributed by atoms with Crippen molar-refractivity contribution in [2.24, 2.45) is 0 Å². The fraction of sp³-hybridized carbons (Fsp3) is 0.0526. The molecule has 0 unspecified atom stereocenters. The summed E-state index contributed by atoms with van der Waals surface area (Å²) < 4.78 is 0. The molecule has 1 aliphatic rings. The van der Waals surface area contributed by atoms with Crippen LogP contribution in [0.3, 0.4) is 0 Å². The van der Waals surface area contributed by atoms with Crippen LogP contribution in [0.15, 0.2) is 212 Å². The Kier molecular flexibility index (Phi) is 7.91. The first-order chi connectivity index (χ1) is 28.5. The minimum Gasteiger partial charge on any atom is -0.310 e. The van der Waals surface area contributed by atoms with Gasteiger partial charge in [0.25, 0.3) is 0 Å². The summed E-state index contributed by atoms with van der Waals surface area (Å²) in [4.78, 5) is 2.41. The van der Waals surface area contributed by atoms with Crippen LogP contribution in [0.5, 0.6) is 0 Å². The molecule has 0 radical (unpaired) electrons. The topological polar surface area (TPSA) is 3.24 Å². The van der Waals surface area contributed by atoms with Crippen LogP contribution in [0, 0.1) is 0 Å². The third kappa shape index (κ3) is 5.62. The van der Waals surface area contributed by atoms with Crippen molar-refractivity contribution < 1.29 is 0 Å². The van der Waals surface area contributed by atoms with Gasteiger partial charge in [-0.3, -0.25) is 0 Å². The first kappa shape index (κ1) is 34.1. The lowest BCUT2D eigenvalue weighted by Crippen LogP contribution is -2.14. The summed E-state index contributed by atoms with van der Waals surface area (Å²) in [6, 6.07) is 78.2. The molecule has 0 spiro atoms. The molecule has 1 aliphatic carbocycles. The summed E-state index contributed by atoms with van der Waals surface area (Å²) in [6.07, 6.45) is 0. The predicted molar refractivity (Wildman–Crippen MR) is 248 cm³/mol. The van der Waals surface area contributed by atoms with Crippen LogP contribution in [-0.4, -0.2) is 0 Å². The van der Waals surface area contributed by atoms with Crippen molar-refractivity contribution in [3.63, 3.8) is 0 Å². The fourth-order valence-electron chi connectivity index (χ4n) is 9.43. The first-order valence-corrected chi connectivity index (χ1v) is 20.2. The molecule has 11 rings (SSSR count). The Morgan fingerprint density at radius 3 is 1.67 bits per heavy atom. The van der Waals surface area contributed by atoms with Gasteiger partial charge in [0, 0.05) is 22.5 Å². The average molecular weight is 740 g/mol. The highest BCUT2D eigenvalue weighted by molar-refractivity contribution is 6.14. The van der Waals surface area contributed by atoms with Gasteiger partial charge in [0.2, 0.25) is 0 Å². The number of anilines is 3. The zero-order chi connectivity index (χ0) is 38.8. The quantitative estimate of drug-likeness (QED) is 0.154. The molecule has 0 aliphatic heterocycles. The smallest absolute Gasteiger partial charge is 0.0467 e. The van der Waals surface area contributed by atoms with Crippen LogP contribution in [0.1, 0.15) is 25.0 Å². The molecule has 1 nitrogen and oxygen atoms in total. The molecular weight excluding hydrogens is 699 g/mol. The van der Waals surface area contributed by atoms with Crippen molar-refractivity contribution in [1.29, 1.82) is 0 Å². The zero-order valence-electron chi connectivity index (χ0n) is 32.7. The van der Waals surface area contributed by atoms with Crippen molar-refractivity contribution in [3.05, 3.63) is 223 Å². The number of nitrogens with zero attached hydrogens (tertiary/aromatic N) is 1. The van der Waals surface area contributed by atoms with Gasteiger partial charge in [0.15, 0.2) is 0 Å². The summed E-state index contributed by atoms with van der Waals surface area (Å²) in [7, 11) is 0. The van der Waals surface area contributed by atoms with E-state index in [0.29, 0.717) is 0 Å². The standard InChI is InChI=1S/C57H41N/c1-57(2)55-24-10-9-23-52(55)53-32-29-43(37-56(53)57)39-27-30-46(31-28-39)58(47-18-11-16-41(34-47)42-26-25-38-13-3-4-14-40(38)33-42)48-19-12-17-44(35-48)54-36-45-15-5-6-20-49(45)50-21-7-8-22-51(50)54/h3-37H,1-2H3. The van der Waals surface area contributed by atoms with Crippen LogP contribution in [0.4, 0.5) is 17.1 Å². The lowest BCUT2D eigenvalue weighted by atomic mass is 9.81. The second-order valence-corrected chi connectivity index (χ2v) is 16.2. The van der Waals surface area contributed by atoms with E-state index in [2.05, 4.69) is 231 Å². The van der Waals surface area contributed by atoms with E-state index >= 15 is 0 Å². The number of benzene rings is 10. The van der Waals surface area contributed by atoms with E-state index in [4.69, 9.17) is 0 Å². The van der Waals surface area contributed by atoms with Crippen molar-refractivity contribution in [2.75, 3.05) is 4.90 Å². The third-order valence-corrected chi connectivity index (χ3v) is 12.4. The molecule has 0 saturated heterocycles. The van der Waals surface area contributed by atoms with E-state index in [1.807, 2.05) is 0 Å². The largest absolute Gasteiger partial charge is 0.310 e. The highest BCUT2D eigenvalue weighted by Crippen LogP contribution is 2.50. The SMILES string of the molecule is CC1(C)c2ccccc2-c2ccc(-c3ccc(N(c4cccc(-c5ccc6ccccc6c5)c4)c4cccc(-c5cc6ccccc6c6ccccc56)c4)cc3)cc21. The second kappa shape index (κ2) is 13.5. The van der Waals surface area contributed by atoms with Gasteiger partial charge in [0.05, 0.1) is 0 Å². The van der Waals surface area contributed by atoms with Crippen LogP contribution in [0.25, 0.3) is 76.8 Å². The van der Waals surface area contributed by atoms with Crippen LogP contribution in [-0.2, 0) is 5.41 Å². The Morgan fingerprint density at radius 1 is 0.293 bits per heavy atom. The Labute approximate surface area is 340 Å². The molecule has 10 aromatic carbocycles. The Hall–Kier alpha value is -7.22. The van der Waals surface area contributed by atoms with Gasteiger partial charge in [-0.25, -0.2) is 0 Å². The molecule has 0 fully saturated rings. The molecule has 0 N–H and O–H groups in total. The van der Waals surface area contributed by atoms with E-state index in [0.717, 1.165) is 17.1 Å². The molecule has 58 heavy (non-hydrogen) atoms. The van der Waals surface area contributed by atoms with E-state index in [9.17, 15) is 0 Å². The van der Waals surface area contributed by atoms with Gasteiger partial charge >= 0.3 is 0 Å². The van der Waals surface area contributed by atoms with Crippen molar-refractivity contribution in [1.82, 2.24) is 0 Å². The summed E-state index contributed by atoms with van der Waals surface area (Å²) in [5.41, 5.74) is 16.0. The van der Waals surface area contributed by atoms with Crippen molar-refractivity contribution in [2.45, 2.75) is 19.3 Å². The molecule has 0 bridgehead atoms. The highest BCUT2D eigenvalue weighted by atomic mass is 15.1. The Balaban J connectivity index is 1.04. The van der Waals surface area contributed by atoms with E-state index in [1.165, 1.54) is 88.0 Å². The number of rotatable bonds is 6.